The number of benzene rings is 1. The Bertz CT molecular complexity index is 451. The van der Waals surface area contributed by atoms with E-state index < -0.39 is 23.2 Å². The quantitative estimate of drug-likeness (QED) is 0.639. The van der Waals surface area contributed by atoms with Crippen LogP contribution in [-0.4, -0.2) is 27.9 Å². The number of rotatable bonds is 1. The van der Waals surface area contributed by atoms with Crippen molar-refractivity contribution in [1.29, 1.82) is 0 Å². The Morgan fingerprint density at radius 2 is 1.78 bits per heavy atom. The van der Waals surface area contributed by atoms with Crippen molar-refractivity contribution in [2.24, 2.45) is 5.41 Å². The maximum absolute atomic E-state index is 12.0. The number of carbonyl (C=O) groups excluding carboxylic acids is 1. The Morgan fingerprint density at radius 1 is 1.22 bits per heavy atom. The molecule has 3 N–H and O–H groups in total. The van der Waals surface area contributed by atoms with Crippen LogP contribution < -0.4 is 10.4 Å². The lowest BCUT2D eigenvalue weighted by atomic mass is 9.82. The van der Waals surface area contributed by atoms with Crippen LogP contribution in [0.3, 0.4) is 0 Å². The minimum absolute atomic E-state index is 0.470. The summed E-state index contributed by atoms with van der Waals surface area (Å²) in [5, 5.41) is 21.2. The van der Waals surface area contributed by atoms with Gasteiger partial charge in [-0.3, -0.25) is 4.79 Å². The number of nitrogens with one attached hydrogen (secondary N) is 1. The number of hydrogen-bond acceptors (Lipinski definition) is 4. The number of carbonyl (C=O) groups is 1. The molecule has 1 aromatic rings. The number of nitrogens with zero attached hydrogens (tertiary/aromatic N) is 1. The number of hydrogen-bond donors (Lipinski definition) is 3. The van der Waals surface area contributed by atoms with Crippen LogP contribution in [0.25, 0.3) is 0 Å². The summed E-state index contributed by atoms with van der Waals surface area (Å²) in [5.41, 5.74) is 2.99. The first-order chi connectivity index (χ1) is 8.24. The van der Waals surface area contributed by atoms with Crippen molar-refractivity contribution in [3.63, 3.8) is 0 Å². The maximum Gasteiger partial charge on any atom is 0.303 e. The van der Waals surface area contributed by atoms with E-state index in [1.165, 1.54) is 5.01 Å². The molecule has 1 aromatic carbocycles. The number of anilines is 1. The average Bonchev–Trinajstić information content (AvgIpc) is 2.52. The average molecular weight is 250 g/mol. The predicted octanol–water partition coefficient (Wildman–Crippen LogP) is 0.633. The van der Waals surface area contributed by atoms with E-state index in [0.717, 1.165) is 0 Å². The molecule has 1 aliphatic heterocycles. The third-order valence-electron chi connectivity index (χ3n) is 3.06. The minimum Gasteiger partial charge on any atom is -0.357 e. The van der Waals surface area contributed by atoms with Crippen molar-refractivity contribution in [2.75, 3.05) is 5.01 Å². The summed E-state index contributed by atoms with van der Waals surface area (Å²) in [6, 6.07) is 8.09. The molecule has 5 heteroatoms. The van der Waals surface area contributed by atoms with Gasteiger partial charge in [-0.2, -0.15) is 0 Å². The summed E-state index contributed by atoms with van der Waals surface area (Å²) in [7, 11) is 0. The van der Waals surface area contributed by atoms with Crippen molar-refractivity contribution in [3.8, 4) is 0 Å². The zero-order valence-corrected chi connectivity index (χ0v) is 10.7. The van der Waals surface area contributed by atoms with Gasteiger partial charge in [0, 0.05) is 0 Å². The fourth-order valence-electron chi connectivity index (χ4n) is 2.13. The van der Waals surface area contributed by atoms with Gasteiger partial charge >= 0.3 is 5.91 Å². The van der Waals surface area contributed by atoms with Gasteiger partial charge in [0.2, 0.25) is 0 Å². The van der Waals surface area contributed by atoms with Crippen LogP contribution in [0.1, 0.15) is 20.8 Å². The molecule has 1 amide bonds. The van der Waals surface area contributed by atoms with Crippen LogP contribution >= 0.6 is 0 Å². The van der Waals surface area contributed by atoms with Crippen LogP contribution in [0.2, 0.25) is 0 Å². The van der Waals surface area contributed by atoms with Crippen molar-refractivity contribution < 1.29 is 15.0 Å². The second-order valence-electron chi connectivity index (χ2n) is 5.63. The monoisotopic (exact) mass is 250 g/mol. The van der Waals surface area contributed by atoms with E-state index in [1.807, 2.05) is 26.8 Å². The van der Waals surface area contributed by atoms with Gasteiger partial charge in [0.05, 0.1) is 11.7 Å². The Kier molecular flexibility index (Phi) is 2.93. The Balaban J connectivity index is 2.36. The molecule has 0 aromatic heterocycles. The molecular weight excluding hydrogens is 232 g/mol. The molecule has 1 atom stereocenters. The molecule has 0 saturated carbocycles. The summed E-state index contributed by atoms with van der Waals surface area (Å²) in [6.45, 7) is 5.52. The van der Waals surface area contributed by atoms with Gasteiger partial charge in [0.25, 0.3) is 5.79 Å². The molecular formula is C13H18N2O3. The molecule has 5 nitrogen and oxygen atoms in total. The summed E-state index contributed by atoms with van der Waals surface area (Å²) < 4.78 is 0. The molecule has 18 heavy (non-hydrogen) atoms. The van der Waals surface area contributed by atoms with Gasteiger partial charge in [0.15, 0.2) is 0 Å². The van der Waals surface area contributed by atoms with Gasteiger partial charge in [-0.05, 0) is 17.5 Å². The molecule has 0 aliphatic carbocycles. The van der Waals surface area contributed by atoms with Gasteiger partial charge in [-0.15, -0.1) is 0 Å². The lowest BCUT2D eigenvalue weighted by molar-refractivity contribution is -0.190. The molecule has 98 valence electrons. The van der Waals surface area contributed by atoms with Crippen LogP contribution in [-0.2, 0) is 4.79 Å². The lowest BCUT2D eigenvalue weighted by Crippen LogP contribution is -2.53. The molecule has 2 rings (SSSR count). The normalized spacial score (nSPS) is 23.5. The SMILES string of the molecule is CC(C)(C)C1NN(c2ccccc2)C(=O)C1(O)O. The van der Waals surface area contributed by atoms with Crippen LogP contribution in [0.15, 0.2) is 30.3 Å². The minimum atomic E-state index is -2.39. The van der Waals surface area contributed by atoms with E-state index in [-0.39, 0.29) is 0 Å². The molecule has 1 unspecified atom stereocenters. The van der Waals surface area contributed by atoms with E-state index in [2.05, 4.69) is 5.43 Å². The van der Waals surface area contributed by atoms with E-state index >= 15 is 0 Å². The number of hydrazine groups is 1. The molecule has 0 radical (unpaired) electrons. The maximum atomic E-state index is 12.0. The van der Waals surface area contributed by atoms with Crippen molar-refractivity contribution >= 4 is 11.6 Å². The van der Waals surface area contributed by atoms with Crippen LogP contribution in [0, 0.1) is 5.41 Å². The van der Waals surface area contributed by atoms with Gasteiger partial charge in [-0.1, -0.05) is 39.0 Å². The highest BCUT2D eigenvalue weighted by molar-refractivity contribution is 6.00. The third kappa shape index (κ3) is 2.01. The van der Waals surface area contributed by atoms with Crippen molar-refractivity contribution in [3.05, 3.63) is 30.3 Å². The molecule has 1 heterocycles. The first-order valence-electron chi connectivity index (χ1n) is 5.85. The van der Waals surface area contributed by atoms with Crippen LogP contribution in [0.4, 0.5) is 5.69 Å². The number of aliphatic hydroxyl groups is 2. The van der Waals surface area contributed by atoms with Gasteiger partial charge < -0.3 is 10.2 Å². The standard InChI is InChI=1S/C13H18N2O3/c1-12(2,3)10-13(17,18)11(16)15(14-10)9-7-5-4-6-8-9/h4-8,10,14,17-18H,1-3H3. The van der Waals surface area contributed by atoms with E-state index in [1.54, 1.807) is 24.3 Å². The molecule has 1 aliphatic rings. The van der Waals surface area contributed by atoms with Crippen molar-refractivity contribution in [1.82, 2.24) is 5.43 Å². The molecule has 1 saturated heterocycles. The van der Waals surface area contributed by atoms with Gasteiger partial charge in [0.1, 0.15) is 0 Å². The zero-order chi connectivity index (χ0) is 13.6. The summed E-state index contributed by atoms with van der Waals surface area (Å²) >= 11 is 0. The fourth-order valence-corrected chi connectivity index (χ4v) is 2.13. The van der Waals surface area contributed by atoms with E-state index in [0.29, 0.717) is 5.69 Å². The van der Waals surface area contributed by atoms with Crippen molar-refractivity contribution in [2.45, 2.75) is 32.6 Å². The summed E-state index contributed by atoms with van der Waals surface area (Å²) in [4.78, 5) is 12.0. The fraction of sp³-hybridized carbons (Fsp3) is 0.462. The molecule has 0 bridgehead atoms. The third-order valence-corrected chi connectivity index (χ3v) is 3.06. The number of amides is 1. The highest BCUT2D eigenvalue weighted by Crippen LogP contribution is 2.34. The highest BCUT2D eigenvalue weighted by Gasteiger charge is 2.56. The highest BCUT2D eigenvalue weighted by atomic mass is 16.5. The lowest BCUT2D eigenvalue weighted by Gasteiger charge is -2.31. The first-order valence-corrected chi connectivity index (χ1v) is 5.85. The second kappa shape index (κ2) is 4.05. The first kappa shape index (κ1) is 13.0. The number of para-hydroxylation sites is 1. The molecule has 1 fully saturated rings. The second-order valence-corrected chi connectivity index (χ2v) is 5.63. The smallest absolute Gasteiger partial charge is 0.303 e. The summed E-state index contributed by atoms with van der Waals surface area (Å²) in [6.07, 6.45) is 0. The van der Waals surface area contributed by atoms with E-state index in [9.17, 15) is 15.0 Å². The van der Waals surface area contributed by atoms with Crippen LogP contribution in [0.5, 0.6) is 0 Å². The Hall–Kier alpha value is -1.43. The summed E-state index contributed by atoms with van der Waals surface area (Å²) in [5.74, 6) is -3.15. The van der Waals surface area contributed by atoms with E-state index in [4.69, 9.17) is 0 Å². The molecule has 0 spiro atoms. The van der Waals surface area contributed by atoms with Gasteiger partial charge in [-0.25, -0.2) is 10.4 Å². The Morgan fingerprint density at radius 3 is 2.22 bits per heavy atom. The Labute approximate surface area is 106 Å². The predicted molar refractivity (Wildman–Crippen MR) is 67.5 cm³/mol. The zero-order valence-electron chi connectivity index (χ0n) is 10.7. The topological polar surface area (TPSA) is 72.8 Å². The largest absolute Gasteiger partial charge is 0.357 e.